The van der Waals surface area contributed by atoms with E-state index in [4.69, 9.17) is 16.3 Å². The molecule has 6 heteroatoms. The summed E-state index contributed by atoms with van der Waals surface area (Å²) in [4.78, 5) is 28.9. The van der Waals surface area contributed by atoms with Crippen LogP contribution in [0.15, 0.2) is 78.9 Å². The SMILES string of the molecule is CC(C)(C)NC(=O)[C@@H](Cc1ccccc1)N(Cc1ccccc1Cl)C(=O)COc1ccc(C(C)(C)C)cc1. The molecule has 0 radical (unpaired) electrons. The molecule has 3 aromatic carbocycles. The highest BCUT2D eigenvalue weighted by Crippen LogP contribution is 2.25. The third kappa shape index (κ3) is 8.63. The van der Waals surface area contributed by atoms with Gasteiger partial charge in [0.25, 0.3) is 5.91 Å². The van der Waals surface area contributed by atoms with Gasteiger partial charge in [-0.3, -0.25) is 9.59 Å². The van der Waals surface area contributed by atoms with Gasteiger partial charge in [0.15, 0.2) is 6.61 Å². The third-order valence-electron chi connectivity index (χ3n) is 6.15. The molecule has 1 N–H and O–H groups in total. The molecule has 0 heterocycles. The molecular formula is C32H39ClN2O3. The molecule has 0 aliphatic rings. The lowest BCUT2D eigenvalue weighted by Crippen LogP contribution is -2.55. The largest absolute Gasteiger partial charge is 0.484 e. The quantitative estimate of drug-likeness (QED) is 0.338. The van der Waals surface area contributed by atoms with E-state index in [0.29, 0.717) is 17.2 Å². The van der Waals surface area contributed by atoms with Crippen LogP contribution in [-0.4, -0.2) is 34.9 Å². The molecule has 38 heavy (non-hydrogen) atoms. The first kappa shape index (κ1) is 29.2. The second kappa shape index (κ2) is 12.5. The lowest BCUT2D eigenvalue weighted by molar-refractivity contribution is -0.143. The average molecular weight is 535 g/mol. The summed E-state index contributed by atoms with van der Waals surface area (Å²) in [6, 6.07) is 24.1. The Morgan fingerprint density at radius 3 is 2.05 bits per heavy atom. The summed E-state index contributed by atoms with van der Waals surface area (Å²) in [5.74, 6) is 0.0777. The van der Waals surface area contributed by atoms with Gasteiger partial charge in [-0.25, -0.2) is 0 Å². The molecule has 0 aliphatic carbocycles. The summed E-state index contributed by atoms with van der Waals surface area (Å²) >= 11 is 6.48. The van der Waals surface area contributed by atoms with Crippen LogP contribution in [0.4, 0.5) is 0 Å². The lowest BCUT2D eigenvalue weighted by Gasteiger charge is -2.34. The van der Waals surface area contributed by atoms with Crippen LogP contribution in [0, 0.1) is 0 Å². The number of nitrogens with one attached hydrogen (secondary N) is 1. The topological polar surface area (TPSA) is 58.6 Å². The Morgan fingerprint density at radius 2 is 1.47 bits per heavy atom. The molecule has 1 atom stereocenters. The predicted molar refractivity (Wildman–Crippen MR) is 154 cm³/mol. The normalized spacial score (nSPS) is 12.5. The summed E-state index contributed by atoms with van der Waals surface area (Å²) in [6.07, 6.45) is 0.360. The van der Waals surface area contributed by atoms with E-state index < -0.39 is 11.6 Å². The summed E-state index contributed by atoms with van der Waals surface area (Å²) < 4.78 is 5.91. The zero-order valence-corrected chi connectivity index (χ0v) is 24.0. The van der Waals surface area contributed by atoms with Gasteiger partial charge < -0.3 is 15.0 Å². The number of ether oxygens (including phenoxy) is 1. The van der Waals surface area contributed by atoms with E-state index in [1.54, 1.807) is 11.0 Å². The lowest BCUT2D eigenvalue weighted by atomic mass is 9.87. The summed E-state index contributed by atoms with van der Waals surface area (Å²) in [7, 11) is 0. The molecule has 0 aliphatic heterocycles. The molecule has 0 aromatic heterocycles. The van der Waals surface area contributed by atoms with Crippen LogP contribution >= 0.6 is 11.6 Å². The van der Waals surface area contributed by atoms with Crippen molar-refractivity contribution in [3.63, 3.8) is 0 Å². The molecule has 3 aromatic rings. The number of carbonyl (C=O) groups is 2. The smallest absolute Gasteiger partial charge is 0.261 e. The number of nitrogens with zero attached hydrogens (tertiary/aromatic N) is 1. The van der Waals surface area contributed by atoms with Crippen LogP contribution in [0.25, 0.3) is 0 Å². The number of rotatable bonds is 9. The average Bonchev–Trinajstić information content (AvgIpc) is 2.85. The molecule has 0 spiro atoms. The zero-order chi connectivity index (χ0) is 27.9. The Labute approximate surface area is 232 Å². The molecule has 5 nitrogen and oxygen atoms in total. The first-order chi connectivity index (χ1) is 17.8. The Kier molecular flexibility index (Phi) is 9.61. The van der Waals surface area contributed by atoms with Gasteiger partial charge in [0, 0.05) is 23.5 Å². The van der Waals surface area contributed by atoms with E-state index in [0.717, 1.165) is 11.1 Å². The van der Waals surface area contributed by atoms with Crippen LogP contribution in [0.3, 0.4) is 0 Å². The number of hydrogen-bond donors (Lipinski definition) is 1. The van der Waals surface area contributed by atoms with Crippen molar-refractivity contribution in [3.05, 3.63) is 101 Å². The second-order valence-corrected chi connectivity index (χ2v) is 12.0. The third-order valence-corrected chi connectivity index (χ3v) is 6.52. The van der Waals surface area contributed by atoms with Gasteiger partial charge in [0.1, 0.15) is 11.8 Å². The van der Waals surface area contributed by atoms with Crippen LogP contribution in [0.1, 0.15) is 58.2 Å². The molecule has 3 rings (SSSR count). The van der Waals surface area contributed by atoms with Crippen molar-refractivity contribution in [1.82, 2.24) is 10.2 Å². The molecular weight excluding hydrogens is 496 g/mol. The van der Waals surface area contributed by atoms with E-state index in [-0.39, 0.29) is 30.4 Å². The van der Waals surface area contributed by atoms with Crippen molar-refractivity contribution in [1.29, 1.82) is 0 Å². The monoisotopic (exact) mass is 534 g/mol. The van der Waals surface area contributed by atoms with Gasteiger partial charge in [-0.15, -0.1) is 0 Å². The Morgan fingerprint density at radius 1 is 0.868 bits per heavy atom. The van der Waals surface area contributed by atoms with Crippen molar-refractivity contribution in [2.75, 3.05) is 6.61 Å². The van der Waals surface area contributed by atoms with E-state index >= 15 is 0 Å². The van der Waals surface area contributed by atoms with Gasteiger partial charge in [0.2, 0.25) is 5.91 Å². The highest BCUT2D eigenvalue weighted by molar-refractivity contribution is 6.31. The fourth-order valence-electron chi connectivity index (χ4n) is 4.10. The van der Waals surface area contributed by atoms with E-state index in [9.17, 15) is 9.59 Å². The maximum atomic E-state index is 13.7. The van der Waals surface area contributed by atoms with Gasteiger partial charge in [-0.05, 0) is 61.1 Å². The minimum absolute atomic E-state index is 0.0190. The Hall–Kier alpha value is -3.31. The van der Waals surface area contributed by atoms with E-state index in [2.05, 4.69) is 26.1 Å². The van der Waals surface area contributed by atoms with Crippen molar-refractivity contribution in [3.8, 4) is 5.75 Å². The first-order valence-corrected chi connectivity index (χ1v) is 13.3. The summed E-state index contributed by atoms with van der Waals surface area (Å²) in [5.41, 5.74) is 2.45. The standard InChI is InChI=1S/C32H39ClN2O3/c1-31(2,3)25-16-18-26(19-17-25)38-22-29(36)35(21-24-14-10-11-15-27(24)33)28(30(37)34-32(4,5)6)20-23-12-8-7-9-13-23/h7-19,28H,20-22H2,1-6H3,(H,34,37)/t28-/m1/s1. The van der Waals surface area contributed by atoms with E-state index in [1.807, 2.05) is 93.6 Å². The second-order valence-electron chi connectivity index (χ2n) is 11.6. The van der Waals surface area contributed by atoms with Crippen molar-refractivity contribution in [2.24, 2.45) is 0 Å². The van der Waals surface area contributed by atoms with Gasteiger partial charge in [-0.2, -0.15) is 0 Å². The Bertz CT molecular complexity index is 1210. The number of amides is 2. The van der Waals surface area contributed by atoms with Gasteiger partial charge >= 0.3 is 0 Å². The molecule has 0 saturated carbocycles. The van der Waals surface area contributed by atoms with Gasteiger partial charge in [-0.1, -0.05) is 93.0 Å². The van der Waals surface area contributed by atoms with Crippen LogP contribution in [0.2, 0.25) is 5.02 Å². The fraction of sp³-hybridized carbons (Fsp3) is 0.375. The predicted octanol–water partition coefficient (Wildman–Crippen LogP) is 6.57. The summed E-state index contributed by atoms with van der Waals surface area (Å²) in [5, 5.41) is 3.60. The summed E-state index contributed by atoms with van der Waals surface area (Å²) in [6.45, 7) is 12.2. The minimum atomic E-state index is -0.757. The van der Waals surface area contributed by atoms with E-state index in [1.165, 1.54) is 5.56 Å². The zero-order valence-electron chi connectivity index (χ0n) is 23.3. The highest BCUT2D eigenvalue weighted by atomic mass is 35.5. The van der Waals surface area contributed by atoms with Crippen molar-refractivity contribution < 1.29 is 14.3 Å². The Balaban J connectivity index is 1.91. The first-order valence-electron chi connectivity index (χ1n) is 13.0. The molecule has 202 valence electrons. The number of benzene rings is 3. The van der Waals surface area contributed by atoms with Crippen LogP contribution in [-0.2, 0) is 28.0 Å². The highest BCUT2D eigenvalue weighted by Gasteiger charge is 2.32. The molecule has 0 unspecified atom stereocenters. The molecule has 2 amide bonds. The molecule has 0 saturated heterocycles. The van der Waals surface area contributed by atoms with Gasteiger partial charge in [0.05, 0.1) is 0 Å². The van der Waals surface area contributed by atoms with Crippen LogP contribution in [0.5, 0.6) is 5.75 Å². The molecule has 0 fully saturated rings. The fourth-order valence-corrected chi connectivity index (χ4v) is 4.29. The van der Waals surface area contributed by atoms with Crippen molar-refractivity contribution in [2.45, 2.75) is 71.5 Å². The minimum Gasteiger partial charge on any atom is -0.484 e. The number of halogens is 1. The maximum Gasteiger partial charge on any atom is 0.261 e. The number of carbonyl (C=O) groups excluding carboxylic acids is 2. The van der Waals surface area contributed by atoms with Crippen molar-refractivity contribution >= 4 is 23.4 Å². The van der Waals surface area contributed by atoms with Crippen LogP contribution < -0.4 is 10.1 Å². The maximum absolute atomic E-state index is 13.7. The molecule has 0 bridgehead atoms. The number of hydrogen-bond acceptors (Lipinski definition) is 3.